The normalized spacial score (nSPS) is 10.9. The average molecular weight is 97.2 g/mol. The van der Waals surface area contributed by atoms with Crippen LogP contribution in [-0.4, -0.2) is 7.05 Å². The molecule has 0 spiro atoms. The van der Waals surface area contributed by atoms with Crippen molar-refractivity contribution in [2.45, 2.75) is 6.92 Å². The summed E-state index contributed by atoms with van der Waals surface area (Å²) in [5, 5.41) is 2.94. The second-order valence-corrected chi connectivity index (χ2v) is 1.20. The molecule has 0 aliphatic rings. The number of likely N-dealkylation sites (N-methyl/N-ethyl adjacent to an activating group) is 1. The van der Waals surface area contributed by atoms with Gasteiger partial charge >= 0.3 is 0 Å². The molecule has 40 valence electrons. The zero-order valence-corrected chi connectivity index (χ0v) is 4.86. The van der Waals surface area contributed by atoms with Crippen molar-refractivity contribution in [1.29, 1.82) is 0 Å². The summed E-state index contributed by atoms with van der Waals surface area (Å²) in [5.41, 5.74) is 1.07. The summed E-state index contributed by atoms with van der Waals surface area (Å²) < 4.78 is 0. The van der Waals surface area contributed by atoms with Crippen LogP contribution < -0.4 is 5.32 Å². The molecule has 1 nitrogen and oxygen atoms in total. The highest BCUT2D eigenvalue weighted by molar-refractivity contribution is 5.11. The van der Waals surface area contributed by atoms with Crippen LogP contribution >= 0.6 is 0 Å². The van der Waals surface area contributed by atoms with Crippen LogP contribution in [0.1, 0.15) is 6.92 Å². The quantitative estimate of drug-likeness (QED) is 0.512. The van der Waals surface area contributed by atoms with Crippen LogP contribution in [0.5, 0.6) is 0 Å². The molecule has 0 aromatic carbocycles. The summed E-state index contributed by atoms with van der Waals surface area (Å²) in [5.74, 6) is 0. The first-order chi connectivity index (χ1) is 3.35. The lowest BCUT2D eigenvalue weighted by atomic mass is 10.4. The average Bonchev–Trinajstić information content (AvgIpc) is 1.72. The van der Waals surface area contributed by atoms with Crippen molar-refractivity contribution in [1.82, 2.24) is 5.32 Å². The third-order valence-corrected chi connectivity index (χ3v) is 0.820. The smallest absolute Gasteiger partial charge is 0.0288 e. The molecule has 0 heterocycles. The fraction of sp³-hybridized carbons (Fsp3) is 0.333. The summed E-state index contributed by atoms with van der Waals surface area (Å²) >= 11 is 0. The van der Waals surface area contributed by atoms with Crippen molar-refractivity contribution >= 4 is 0 Å². The second kappa shape index (κ2) is 3.47. The molecule has 0 bridgehead atoms. The van der Waals surface area contributed by atoms with E-state index in [0.29, 0.717) is 0 Å². The van der Waals surface area contributed by atoms with Crippen molar-refractivity contribution in [3.05, 3.63) is 24.4 Å². The lowest BCUT2D eigenvalue weighted by molar-refractivity contribution is 1.03. The molecular weight excluding hydrogens is 86.1 g/mol. The summed E-state index contributed by atoms with van der Waals surface area (Å²) in [6.45, 7) is 5.54. The summed E-state index contributed by atoms with van der Waals surface area (Å²) in [7, 11) is 1.87. The zero-order chi connectivity index (χ0) is 5.70. The molecule has 0 unspecified atom stereocenters. The maximum atomic E-state index is 3.57. The molecule has 0 amide bonds. The molecule has 1 heteroatoms. The van der Waals surface area contributed by atoms with E-state index in [-0.39, 0.29) is 0 Å². The molecule has 0 aromatic heterocycles. The predicted molar refractivity (Wildman–Crippen MR) is 33.0 cm³/mol. The van der Waals surface area contributed by atoms with Crippen LogP contribution in [0.15, 0.2) is 24.4 Å². The zero-order valence-electron chi connectivity index (χ0n) is 4.86. The van der Waals surface area contributed by atoms with Gasteiger partial charge in [0.15, 0.2) is 0 Å². The van der Waals surface area contributed by atoms with Crippen LogP contribution in [-0.2, 0) is 0 Å². The predicted octanol–water partition coefficient (Wildman–Crippen LogP) is 1.30. The summed E-state index contributed by atoms with van der Waals surface area (Å²) in [6.07, 6.45) is 3.74. The molecule has 0 saturated carbocycles. The fourth-order valence-corrected chi connectivity index (χ4v) is 0.364. The molecule has 0 saturated heterocycles. The van der Waals surface area contributed by atoms with Crippen molar-refractivity contribution in [3.63, 3.8) is 0 Å². The van der Waals surface area contributed by atoms with Crippen molar-refractivity contribution < 1.29 is 0 Å². The standard InChI is InChI=1S/C6H11N/c1-4-6(5-2)7-3/h4-5,7H,1H2,2-3H3/b6-5+. The maximum Gasteiger partial charge on any atom is 0.0288 e. The summed E-state index contributed by atoms with van der Waals surface area (Å²) in [4.78, 5) is 0. The van der Waals surface area contributed by atoms with E-state index in [1.807, 2.05) is 20.0 Å². The second-order valence-electron chi connectivity index (χ2n) is 1.20. The molecule has 0 fully saturated rings. The van der Waals surface area contributed by atoms with Crippen LogP contribution in [0.2, 0.25) is 0 Å². The molecule has 0 aliphatic heterocycles. The van der Waals surface area contributed by atoms with E-state index in [1.54, 1.807) is 6.08 Å². The van der Waals surface area contributed by atoms with Crippen molar-refractivity contribution in [2.24, 2.45) is 0 Å². The van der Waals surface area contributed by atoms with Gasteiger partial charge in [0, 0.05) is 12.7 Å². The largest absolute Gasteiger partial charge is 0.388 e. The Balaban J connectivity index is 3.60. The Morgan fingerprint density at radius 3 is 2.29 bits per heavy atom. The third kappa shape index (κ3) is 2.04. The Labute approximate surface area is 44.7 Å². The fourth-order valence-electron chi connectivity index (χ4n) is 0.364. The molecule has 0 radical (unpaired) electrons. The van der Waals surface area contributed by atoms with Crippen molar-refractivity contribution in [2.75, 3.05) is 7.05 Å². The molecule has 7 heavy (non-hydrogen) atoms. The van der Waals surface area contributed by atoms with Gasteiger partial charge in [-0.1, -0.05) is 12.7 Å². The van der Waals surface area contributed by atoms with E-state index in [0.717, 1.165) is 5.70 Å². The number of hydrogen-bond donors (Lipinski definition) is 1. The van der Waals surface area contributed by atoms with E-state index in [1.165, 1.54) is 0 Å². The number of hydrogen-bond acceptors (Lipinski definition) is 1. The molecule has 1 N–H and O–H groups in total. The first kappa shape index (κ1) is 6.28. The van der Waals surface area contributed by atoms with Gasteiger partial charge < -0.3 is 5.32 Å². The van der Waals surface area contributed by atoms with Gasteiger partial charge in [0.1, 0.15) is 0 Å². The maximum absolute atomic E-state index is 3.57. The number of allylic oxidation sites excluding steroid dienone is 2. The molecule has 0 atom stereocenters. The van der Waals surface area contributed by atoms with E-state index in [4.69, 9.17) is 0 Å². The number of nitrogens with one attached hydrogen (secondary N) is 1. The van der Waals surface area contributed by atoms with Gasteiger partial charge in [-0.3, -0.25) is 0 Å². The lowest BCUT2D eigenvalue weighted by Gasteiger charge is -1.93. The van der Waals surface area contributed by atoms with Gasteiger partial charge in [-0.2, -0.15) is 0 Å². The van der Waals surface area contributed by atoms with Gasteiger partial charge in [-0.15, -0.1) is 0 Å². The van der Waals surface area contributed by atoms with Gasteiger partial charge in [-0.05, 0) is 13.0 Å². The van der Waals surface area contributed by atoms with E-state index < -0.39 is 0 Å². The summed E-state index contributed by atoms with van der Waals surface area (Å²) in [6, 6.07) is 0. The van der Waals surface area contributed by atoms with Crippen LogP contribution in [0.3, 0.4) is 0 Å². The highest BCUT2D eigenvalue weighted by Gasteiger charge is 1.74. The van der Waals surface area contributed by atoms with E-state index >= 15 is 0 Å². The van der Waals surface area contributed by atoms with Crippen molar-refractivity contribution in [3.8, 4) is 0 Å². The minimum Gasteiger partial charge on any atom is -0.388 e. The van der Waals surface area contributed by atoms with E-state index in [9.17, 15) is 0 Å². The van der Waals surface area contributed by atoms with Gasteiger partial charge in [0.05, 0.1) is 0 Å². The highest BCUT2D eigenvalue weighted by atomic mass is 14.8. The minimum atomic E-state index is 1.07. The van der Waals surface area contributed by atoms with Gasteiger partial charge in [-0.25, -0.2) is 0 Å². The first-order valence-electron chi connectivity index (χ1n) is 2.31. The monoisotopic (exact) mass is 97.1 g/mol. The lowest BCUT2D eigenvalue weighted by Crippen LogP contribution is -2.01. The van der Waals surface area contributed by atoms with E-state index in [2.05, 4.69) is 11.9 Å². The Morgan fingerprint density at radius 1 is 1.71 bits per heavy atom. The Hall–Kier alpha value is -0.720. The SMILES string of the molecule is C=C/C(=C\C)NC. The third-order valence-electron chi connectivity index (χ3n) is 0.820. The van der Waals surface area contributed by atoms with Gasteiger partial charge in [0.2, 0.25) is 0 Å². The first-order valence-corrected chi connectivity index (χ1v) is 2.31. The van der Waals surface area contributed by atoms with Crippen LogP contribution in [0, 0.1) is 0 Å². The molecule has 0 aromatic rings. The van der Waals surface area contributed by atoms with Gasteiger partial charge in [0.25, 0.3) is 0 Å². The Bertz CT molecular complexity index is 82.2. The van der Waals surface area contributed by atoms with Crippen LogP contribution in [0.4, 0.5) is 0 Å². The Kier molecular flexibility index (Phi) is 3.11. The molecule has 0 rings (SSSR count). The number of rotatable bonds is 2. The highest BCUT2D eigenvalue weighted by Crippen LogP contribution is 1.83. The molecular formula is C6H11N. The minimum absolute atomic E-state index is 1.07. The van der Waals surface area contributed by atoms with Crippen LogP contribution in [0.25, 0.3) is 0 Å². The topological polar surface area (TPSA) is 12.0 Å². The Morgan fingerprint density at radius 2 is 2.29 bits per heavy atom. The molecule has 0 aliphatic carbocycles.